The molecule has 0 unspecified atom stereocenters. The average molecular weight is 188 g/mol. The second-order valence-corrected chi connectivity index (χ2v) is 3.30. The molecular weight excluding hydrogens is 176 g/mol. The van der Waals surface area contributed by atoms with E-state index < -0.39 is 0 Å². The highest BCUT2D eigenvalue weighted by atomic mass is 16.1. The zero-order valence-corrected chi connectivity index (χ0v) is 8.24. The SMILES string of the molecule is Cc1c(NC=O)c2ccccc2n1C. The third-order valence-electron chi connectivity index (χ3n) is 2.60. The van der Waals surface area contributed by atoms with Gasteiger partial charge in [-0.1, -0.05) is 18.2 Å². The van der Waals surface area contributed by atoms with Crippen molar-refractivity contribution < 1.29 is 4.79 Å². The molecule has 1 heterocycles. The first-order valence-electron chi connectivity index (χ1n) is 4.50. The fourth-order valence-corrected chi connectivity index (χ4v) is 1.76. The number of fused-ring (bicyclic) bond motifs is 1. The minimum absolute atomic E-state index is 0.717. The molecule has 1 N–H and O–H groups in total. The zero-order valence-electron chi connectivity index (χ0n) is 8.24. The van der Waals surface area contributed by atoms with Crippen molar-refractivity contribution in [2.75, 3.05) is 5.32 Å². The van der Waals surface area contributed by atoms with E-state index in [9.17, 15) is 4.79 Å². The first-order valence-corrected chi connectivity index (χ1v) is 4.50. The Hall–Kier alpha value is -1.77. The number of hydrogen-bond acceptors (Lipinski definition) is 1. The molecule has 0 saturated heterocycles. The molecule has 2 rings (SSSR count). The molecule has 3 heteroatoms. The lowest BCUT2D eigenvalue weighted by atomic mass is 10.2. The maximum atomic E-state index is 10.5. The molecule has 0 aliphatic carbocycles. The number of carbonyl (C=O) groups is 1. The Kier molecular flexibility index (Phi) is 2.00. The molecule has 2 aromatic rings. The summed E-state index contributed by atoms with van der Waals surface area (Å²) in [4.78, 5) is 10.5. The number of aryl methyl sites for hydroxylation is 1. The van der Waals surface area contributed by atoms with Crippen LogP contribution in [0.5, 0.6) is 0 Å². The molecular formula is C11H12N2O. The molecule has 1 amide bonds. The molecule has 0 saturated carbocycles. The second kappa shape index (κ2) is 3.18. The van der Waals surface area contributed by atoms with E-state index in [1.165, 1.54) is 0 Å². The van der Waals surface area contributed by atoms with E-state index >= 15 is 0 Å². The number of benzene rings is 1. The molecule has 72 valence electrons. The third kappa shape index (κ3) is 1.09. The zero-order chi connectivity index (χ0) is 10.1. The molecule has 3 nitrogen and oxygen atoms in total. The van der Waals surface area contributed by atoms with Crippen molar-refractivity contribution in [2.45, 2.75) is 6.92 Å². The number of amides is 1. The molecule has 0 radical (unpaired) electrons. The van der Waals surface area contributed by atoms with Crippen LogP contribution in [0.4, 0.5) is 5.69 Å². The van der Waals surface area contributed by atoms with Gasteiger partial charge in [-0.3, -0.25) is 4.79 Å². The summed E-state index contributed by atoms with van der Waals surface area (Å²) in [6.45, 7) is 1.99. The molecule has 0 fully saturated rings. The predicted octanol–water partition coefficient (Wildman–Crippen LogP) is 2.06. The Morgan fingerprint density at radius 2 is 2.07 bits per heavy atom. The summed E-state index contributed by atoms with van der Waals surface area (Å²) < 4.78 is 2.07. The molecule has 0 spiro atoms. The molecule has 14 heavy (non-hydrogen) atoms. The Balaban J connectivity index is 2.80. The normalized spacial score (nSPS) is 10.4. The Labute approximate surface area is 82.3 Å². The summed E-state index contributed by atoms with van der Waals surface area (Å²) in [7, 11) is 1.99. The van der Waals surface area contributed by atoms with E-state index in [0.717, 1.165) is 28.7 Å². The summed E-state index contributed by atoms with van der Waals surface area (Å²) >= 11 is 0. The largest absolute Gasteiger partial charge is 0.346 e. The fraction of sp³-hybridized carbons (Fsp3) is 0.182. The highest BCUT2D eigenvalue weighted by Crippen LogP contribution is 2.28. The van der Waals surface area contributed by atoms with E-state index in [1.54, 1.807) is 0 Å². The van der Waals surface area contributed by atoms with Crippen LogP contribution >= 0.6 is 0 Å². The van der Waals surface area contributed by atoms with E-state index in [4.69, 9.17) is 0 Å². The second-order valence-electron chi connectivity index (χ2n) is 3.30. The van der Waals surface area contributed by atoms with E-state index in [2.05, 4.69) is 9.88 Å². The van der Waals surface area contributed by atoms with Gasteiger partial charge in [-0.25, -0.2) is 0 Å². The van der Waals surface area contributed by atoms with Crippen LogP contribution in [0.15, 0.2) is 24.3 Å². The molecule has 0 atom stereocenters. The monoisotopic (exact) mass is 188 g/mol. The van der Waals surface area contributed by atoms with Crippen LogP contribution in [-0.2, 0) is 11.8 Å². The summed E-state index contributed by atoms with van der Waals surface area (Å²) in [6.07, 6.45) is 0.717. The summed E-state index contributed by atoms with van der Waals surface area (Å²) in [5.41, 5.74) is 3.10. The van der Waals surface area contributed by atoms with Crippen molar-refractivity contribution in [1.82, 2.24) is 4.57 Å². The standard InChI is InChI=1S/C11H12N2O/c1-8-11(12-7-14)9-5-3-4-6-10(9)13(8)2/h3-7H,1-2H3,(H,12,14). The van der Waals surface area contributed by atoms with Gasteiger partial charge in [0.2, 0.25) is 6.41 Å². The first-order chi connectivity index (χ1) is 6.75. The lowest BCUT2D eigenvalue weighted by Gasteiger charge is -1.98. The topological polar surface area (TPSA) is 34.0 Å². The highest BCUT2D eigenvalue weighted by molar-refractivity contribution is 5.98. The van der Waals surface area contributed by atoms with Crippen molar-refractivity contribution >= 4 is 23.0 Å². The Morgan fingerprint density at radius 1 is 1.36 bits per heavy atom. The number of aromatic nitrogens is 1. The van der Waals surface area contributed by atoms with Crippen LogP contribution < -0.4 is 5.32 Å². The molecule has 0 bridgehead atoms. The highest BCUT2D eigenvalue weighted by Gasteiger charge is 2.09. The van der Waals surface area contributed by atoms with Crippen LogP contribution in [0.3, 0.4) is 0 Å². The number of rotatable bonds is 2. The summed E-state index contributed by atoms with van der Waals surface area (Å²) in [5, 5.41) is 3.82. The number of nitrogens with one attached hydrogen (secondary N) is 1. The van der Waals surface area contributed by atoms with Crippen molar-refractivity contribution in [3.05, 3.63) is 30.0 Å². The van der Waals surface area contributed by atoms with Gasteiger partial charge < -0.3 is 9.88 Å². The van der Waals surface area contributed by atoms with Gasteiger partial charge in [0.1, 0.15) is 0 Å². The van der Waals surface area contributed by atoms with Crippen LogP contribution in [0.1, 0.15) is 5.69 Å². The van der Waals surface area contributed by atoms with Crippen LogP contribution in [0, 0.1) is 6.92 Å². The summed E-state index contributed by atoms with van der Waals surface area (Å²) in [5.74, 6) is 0. The number of nitrogens with zero attached hydrogens (tertiary/aromatic N) is 1. The third-order valence-corrected chi connectivity index (χ3v) is 2.60. The fourth-order valence-electron chi connectivity index (χ4n) is 1.76. The number of anilines is 1. The van der Waals surface area contributed by atoms with Crippen LogP contribution in [0.2, 0.25) is 0 Å². The van der Waals surface area contributed by atoms with Crippen molar-refractivity contribution in [1.29, 1.82) is 0 Å². The Morgan fingerprint density at radius 3 is 2.79 bits per heavy atom. The summed E-state index contributed by atoms with van der Waals surface area (Å²) in [6, 6.07) is 8.01. The van der Waals surface area contributed by atoms with Crippen LogP contribution in [0.25, 0.3) is 10.9 Å². The molecule has 0 aliphatic heterocycles. The van der Waals surface area contributed by atoms with Crippen molar-refractivity contribution in [3.63, 3.8) is 0 Å². The average Bonchev–Trinajstić information content (AvgIpc) is 2.45. The van der Waals surface area contributed by atoms with Gasteiger partial charge in [0.25, 0.3) is 0 Å². The van der Waals surface area contributed by atoms with Crippen molar-refractivity contribution in [3.8, 4) is 0 Å². The molecule has 0 aliphatic rings. The maximum absolute atomic E-state index is 10.5. The molecule has 1 aromatic heterocycles. The van der Waals surface area contributed by atoms with Gasteiger partial charge in [-0.15, -0.1) is 0 Å². The van der Waals surface area contributed by atoms with Gasteiger partial charge in [0.15, 0.2) is 0 Å². The Bertz CT molecular complexity index is 485. The quantitative estimate of drug-likeness (QED) is 0.719. The van der Waals surface area contributed by atoms with Gasteiger partial charge in [-0.05, 0) is 13.0 Å². The lowest BCUT2D eigenvalue weighted by molar-refractivity contribution is -0.105. The smallest absolute Gasteiger partial charge is 0.211 e. The molecule has 1 aromatic carbocycles. The van der Waals surface area contributed by atoms with E-state index in [-0.39, 0.29) is 0 Å². The van der Waals surface area contributed by atoms with Gasteiger partial charge in [-0.2, -0.15) is 0 Å². The number of hydrogen-bond donors (Lipinski definition) is 1. The van der Waals surface area contributed by atoms with E-state index in [0.29, 0.717) is 0 Å². The van der Waals surface area contributed by atoms with Crippen LogP contribution in [-0.4, -0.2) is 11.0 Å². The number of para-hydroxylation sites is 1. The minimum atomic E-state index is 0.717. The lowest BCUT2D eigenvalue weighted by Crippen LogP contribution is -1.96. The minimum Gasteiger partial charge on any atom is -0.346 e. The van der Waals surface area contributed by atoms with Gasteiger partial charge in [0, 0.05) is 18.1 Å². The predicted molar refractivity (Wildman–Crippen MR) is 57.3 cm³/mol. The number of carbonyl (C=O) groups excluding carboxylic acids is 1. The van der Waals surface area contributed by atoms with Crippen molar-refractivity contribution in [2.24, 2.45) is 7.05 Å². The van der Waals surface area contributed by atoms with E-state index in [1.807, 2.05) is 38.2 Å². The first kappa shape index (κ1) is 8.81. The van der Waals surface area contributed by atoms with Gasteiger partial charge in [0.05, 0.1) is 11.2 Å². The van der Waals surface area contributed by atoms with Gasteiger partial charge >= 0.3 is 0 Å². The maximum Gasteiger partial charge on any atom is 0.211 e.